The highest BCUT2D eigenvalue weighted by Gasteiger charge is 2.20. The van der Waals surface area contributed by atoms with Gasteiger partial charge in [0.15, 0.2) is 17.5 Å². The number of benzene rings is 8. The molecule has 3 aromatic heterocycles. The Morgan fingerprint density at radius 2 is 0.929 bits per heavy atom. The van der Waals surface area contributed by atoms with Crippen molar-refractivity contribution in [1.82, 2.24) is 15.0 Å². The second-order valence-corrected chi connectivity index (χ2v) is 12.6. The van der Waals surface area contributed by atoms with Gasteiger partial charge < -0.3 is 4.42 Å². The van der Waals surface area contributed by atoms with Crippen LogP contribution in [0.3, 0.4) is 0 Å². The Kier molecular flexibility index (Phi) is 3.28. The largest absolute Gasteiger partial charge is 0.456 e. The number of hydrogen-bond donors (Lipinski definition) is 0. The lowest BCUT2D eigenvalue weighted by molar-refractivity contribution is 0.669. The molecule has 0 atom stereocenters. The van der Waals surface area contributed by atoms with Crippen LogP contribution >= 0.6 is 11.3 Å². The maximum atomic E-state index is 10.1. The fourth-order valence-electron chi connectivity index (χ4n) is 5.99. The van der Waals surface area contributed by atoms with Gasteiger partial charge in [-0.2, -0.15) is 0 Å². The molecule has 11 aromatic rings. The maximum Gasteiger partial charge on any atom is 0.164 e. The van der Waals surface area contributed by atoms with E-state index in [0.29, 0.717) is 11.3 Å². The first-order valence-corrected chi connectivity index (χ1v) is 17.0. The molecule has 0 bridgehead atoms. The molecule has 56 heavy (non-hydrogen) atoms. The third-order valence-electron chi connectivity index (χ3n) is 8.38. The van der Waals surface area contributed by atoms with Crippen molar-refractivity contribution < 1.29 is 46.9 Å². The van der Waals surface area contributed by atoms with E-state index in [9.17, 15) is 15.1 Å². The van der Waals surface area contributed by atoms with E-state index in [0.717, 1.165) is 0 Å². The van der Waals surface area contributed by atoms with Crippen LogP contribution < -0.4 is 0 Å². The van der Waals surface area contributed by atoms with Crippen molar-refractivity contribution in [1.29, 1.82) is 0 Å². The van der Waals surface area contributed by atoms with E-state index in [-0.39, 0.29) is 9.40 Å². The highest BCUT2D eigenvalue weighted by Crippen LogP contribution is 2.46. The average molecular weight is 765 g/mol. The summed E-state index contributed by atoms with van der Waals surface area (Å²) >= 11 is 0.489. The molecular formula is C51H31N3OS. The Labute approximate surface area is 370 Å². The predicted molar refractivity (Wildman–Crippen MR) is 233 cm³/mol. The molecule has 4 nitrogen and oxygen atoms in total. The normalized spacial score (nSPS) is 19.3. The van der Waals surface area contributed by atoms with Crippen molar-refractivity contribution in [2.75, 3.05) is 0 Å². The number of furan rings is 1. The molecule has 0 aliphatic rings. The Bertz CT molecular complexity index is 4870. The summed E-state index contributed by atoms with van der Waals surface area (Å²) in [4.78, 5) is 13.1. The minimum absolute atomic E-state index is 0.357. The van der Waals surface area contributed by atoms with Gasteiger partial charge in [-0.3, -0.25) is 0 Å². The summed E-state index contributed by atoms with van der Waals surface area (Å²) in [6.07, 6.45) is 0. The summed E-state index contributed by atoms with van der Waals surface area (Å²) in [5.74, 6) is -2.42. The van der Waals surface area contributed by atoms with Gasteiger partial charge >= 0.3 is 0 Å². The lowest BCUT2D eigenvalue weighted by Gasteiger charge is -2.11. The molecule has 0 unspecified atom stereocenters. The Balaban J connectivity index is 1.32. The second-order valence-electron chi connectivity index (χ2n) is 11.6. The number of fused-ring (bicyclic) bond motifs is 6. The standard InChI is InChI=1S/C51H31N3OS/c1-4-14-32(15-5-1)33-26-28-34(29-27-33)42-30-37(31-44-46(42)39-20-10-11-24-43(39)55-44)38-21-12-22-40-47-41(23-13-25-45(47)56-48(38)40)51-53-49(35-16-6-2-7-17-35)52-50(54-51)36-18-8-3-9-19-36/h1-31H/i1D,2D,3D,4D,5D,6D,7D,8D,9D,10D,11D,12D,13D,14D,15D,16D,17D,18D,19D,20D,21D,22D,23D,24D,25D,26D,27D,28D,29D,30D,31D. The molecule has 262 valence electrons. The van der Waals surface area contributed by atoms with Gasteiger partial charge in [-0.1, -0.05) is 163 Å². The number of nitrogens with zero attached hydrogens (tertiary/aromatic N) is 3. The number of hydrogen-bond acceptors (Lipinski definition) is 5. The molecule has 11 rings (SSSR count). The third-order valence-corrected chi connectivity index (χ3v) is 9.50. The van der Waals surface area contributed by atoms with Crippen LogP contribution in [0.15, 0.2) is 192 Å². The zero-order chi connectivity index (χ0) is 64.0. The molecule has 0 aliphatic heterocycles. The smallest absolute Gasteiger partial charge is 0.164 e. The summed E-state index contributed by atoms with van der Waals surface area (Å²) < 4.78 is 281. The van der Waals surface area contributed by atoms with Crippen molar-refractivity contribution in [2.45, 2.75) is 0 Å². The molecule has 0 spiro atoms. The van der Waals surface area contributed by atoms with Crippen molar-refractivity contribution in [2.24, 2.45) is 0 Å². The maximum absolute atomic E-state index is 10.1. The predicted octanol–water partition coefficient (Wildman–Crippen LogP) is 14.1. The Morgan fingerprint density at radius 1 is 0.375 bits per heavy atom. The molecule has 3 heterocycles. The van der Waals surface area contributed by atoms with Gasteiger partial charge in [-0.15, -0.1) is 11.3 Å². The SMILES string of the molecule is [2H]c1c([2H])c([2H])c(-c2nc(-c3c([2H])c([2H])c([2H])c([2H])c3[2H])nc(-c3c([2H])c([2H])c([2H])c4sc5c(-c6c([2H])c(-c7c([2H])c([2H])c(-c8c([2H])c([2H])c([2H])c([2H])c8[2H])c([2H])c7[2H])c7c(oc8c([2H])c([2H])c([2H])c([2H])c87)c6[2H])c([2H])c([2H])c([2H])c5c34)n2)c([2H])c1[2H]. The zero-order valence-electron chi connectivity index (χ0n) is 58.7. The third kappa shape index (κ3) is 5.48. The molecule has 0 radical (unpaired) electrons. The molecule has 0 amide bonds. The summed E-state index contributed by atoms with van der Waals surface area (Å²) in [6.45, 7) is 0. The molecule has 8 aromatic carbocycles. The molecule has 0 aliphatic carbocycles. The molecule has 5 heteroatoms. The van der Waals surface area contributed by atoms with Crippen LogP contribution in [0, 0.1) is 0 Å². The van der Waals surface area contributed by atoms with Crippen LogP contribution in [0.1, 0.15) is 42.5 Å². The van der Waals surface area contributed by atoms with Crippen LogP contribution in [0.5, 0.6) is 0 Å². The van der Waals surface area contributed by atoms with Gasteiger partial charge in [0.1, 0.15) is 11.2 Å². The summed E-state index contributed by atoms with van der Waals surface area (Å²) in [6, 6.07) is -28.2. The lowest BCUT2D eigenvalue weighted by atomic mass is 9.93. The van der Waals surface area contributed by atoms with E-state index in [1.165, 1.54) is 0 Å². The van der Waals surface area contributed by atoms with Crippen molar-refractivity contribution >= 4 is 53.4 Å². The van der Waals surface area contributed by atoms with Crippen molar-refractivity contribution in [3.63, 3.8) is 0 Å². The van der Waals surface area contributed by atoms with E-state index in [2.05, 4.69) is 15.0 Å². The monoisotopic (exact) mass is 764 g/mol. The highest BCUT2D eigenvalue weighted by molar-refractivity contribution is 7.26. The van der Waals surface area contributed by atoms with Crippen LogP contribution in [0.25, 0.3) is 110 Å². The van der Waals surface area contributed by atoms with Gasteiger partial charge in [0, 0.05) is 47.6 Å². The lowest BCUT2D eigenvalue weighted by Crippen LogP contribution is -2.00. The van der Waals surface area contributed by atoms with Gasteiger partial charge in [0.25, 0.3) is 0 Å². The second kappa shape index (κ2) is 13.3. The number of thiophene rings is 1. The molecule has 0 N–H and O–H groups in total. The average Bonchev–Trinajstić information content (AvgIpc) is 1.65. The van der Waals surface area contributed by atoms with Crippen molar-refractivity contribution in [3.05, 3.63) is 187 Å². The minimum atomic E-state index is -1.06. The topological polar surface area (TPSA) is 51.8 Å². The molecule has 0 saturated heterocycles. The fourth-order valence-corrected chi connectivity index (χ4v) is 7.11. The molecular weight excluding hydrogens is 703 g/mol. The van der Waals surface area contributed by atoms with Crippen LogP contribution in [-0.4, -0.2) is 15.0 Å². The first-order valence-electron chi connectivity index (χ1n) is 31.7. The van der Waals surface area contributed by atoms with Crippen LogP contribution in [-0.2, 0) is 0 Å². The Hall–Kier alpha value is -7.21. The summed E-state index contributed by atoms with van der Waals surface area (Å²) in [7, 11) is 0. The zero-order valence-corrected chi connectivity index (χ0v) is 28.5. The number of para-hydroxylation sites is 1. The van der Waals surface area contributed by atoms with Gasteiger partial charge in [-0.05, 0) is 57.6 Å². The first kappa shape index (κ1) is 13.8. The van der Waals surface area contributed by atoms with Crippen LogP contribution in [0.4, 0.5) is 0 Å². The van der Waals surface area contributed by atoms with E-state index >= 15 is 0 Å². The Morgan fingerprint density at radius 3 is 1.64 bits per heavy atom. The molecule has 0 fully saturated rings. The van der Waals surface area contributed by atoms with E-state index in [1.54, 1.807) is 0 Å². The quantitative estimate of drug-likeness (QED) is 0.169. The molecule has 0 saturated carbocycles. The first-order chi connectivity index (χ1) is 40.6. The number of rotatable bonds is 6. The highest BCUT2D eigenvalue weighted by atomic mass is 32.1. The van der Waals surface area contributed by atoms with E-state index < -0.39 is 288 Å². The van der Waals surface area contributed by atoms with E-state index in [1.807, 2.05) is 0 Å². The van der Waals surface area contributed by atoms with Gasteiger partial charge in [0.05, 0.1) is 42.5 Å². The minimum Gasteiger partial charge on any atom is -0.456 e. The van der Waals surface area contributed by atoms with Gasteiger partial charge in [0.2, 0.25) is 0 Å². The fraction of sp³-hybridized carbons (Fsp3) is 0. The van der Waals surface area contributed by atoms with Gasteiger partial charge in [-0.25, -0.2) is 15.0 Å². The summed E-state index contributed by atoms with van der Waals surface area (Å²) in [5, 5.41) is -2.04. The van der Waals surface area contributed by atoms with Crippen molar-refractivity contribution in [3.8, 4) is 67.5 Å². The van der Waals surface area contributed by atoms with E-state index in [4.69, 9.17) is 31.8 Å². The van der Waals surface area contributed by atoms with Crippen LogP contribution in [0.2, 0.25) is 0 Å². The number of aromatic nitrogens is 3. The summed E-state index contributed by atoms with van der Waals surface area (Å²) in [5.41, 5.74) is -8.02.